The second kappa shape index (κ2) is 8.47. The minimum absolute atomic E-state index is 0.262. The Hall–Kier alpha value is -3.17. The highest BCUT2D eigenvalue weighted by atomic mass is 32.1. The van der Waals surface area contributed by atoms with Crippen LogP contribution >= 0.6 is 11.3 Å². The van der Waals surface area contributed by atoms with Gasteiger partial charge in [-0.1, -0.05) is 12.1 Å². The molecule has 0 bridgehead atoms. The van der Waals surface area contributed by atoms with E-state index in [0.717, 1.165) is 28.3 Å². The Labute approximate surface area is 163 Å². The molecule has 0 unspecified atom stereocenters. The molecule has 0 aliphatic rings. The van der Waals surface area contributed by atoms with Gasteiger partial charge in [-0.25, -0.2) is 4.98 Å². The molecule has 1 aromatic heterocycles. The van der Waals surface area contributed by atoms with Gasteiger partial charge in [-0.3, -0.25) is 5.43 Å². The Morgan fingerprint density at radius 1 is 1.22 bits per heavy atom. The normalized spacial score (nSPS) is 11.1. The second-order valence-corrected chi connectivity index (χ2v) is 6.78. The van der Waals surface area contributed by atoms with Crippen molar-refractivity contribution in [1.82, 2.24) is 4.98 Å². The largest absolute Gasteiger partial charge is 0.494 e. The van der Waals surface area contributed by atoms with Crippen LogP contribution < -0.4 is 10.2 Å². The molecular weight excluding hydrogens is 356 g/mol. The van der Waals surface area contributed by atoms with Crippen molar-refractivity contribution in [2.24, 2.45) is 5.10 Å². The van der Waals surface area contributed by atoms with Gasteiger partial charge in [0.25, 0.3) is 0 Å². The average molecular weight is 376 g/mol. The van der Waals surface area contributed by atoms with E-state index >= 15 is 0 Å². The smallest absolute Gasteiger partial charge is 0.196 e. The zero-order valence-electron chi connectivity index (χ0n) is 15.5. The van der Waals surface area contributed by atoms with Crippen LogP contribution in [0.25, 0.3) is 11.3 Å². The first-order valence-corrected chi connectivity index (χ1v) is 9.49. The molecule has 0 aliphatic carbocycles. The fraction of sp³-hybridized carbons (Fsp3) is 0.190. The number of thiazole rings is 1. The molecule has 6 heteroatoms. The number of aromatic nitrogens is 1. The maximum Gasteiger partial charge on any atom is 0.196 e. The number of nitrogens with zero attached hydrogens (tertiary/aromatic N) is 3. The van der Waals surface area contributed by atoms with Crippen LogP contribution in [-0.2, 0) is 0 Å². The van der Waals surface area contributed by atoms with Crippen LogP contribution in [0.4, 0.5) is 5.69 Å². The summed E-state index contributed by atoms with van der Waals surface area (Å²) >= 11 is 1.40. The summed E-state index contributed by atoms with van der Waals surface area (Å²) in [7, 11) is 0. The number of rotatable bonds is 6. The van der Waals surface area contributed by atoms with Gasteiger partial charge in [0.15, 0.2) is 10.7 Å². The molecule has 1 N–H and O–H groups in total. The van der Waals surface area contributed by atoms with Crippen molar-refractivity contribution >= 4 is 22.7 Å². The number of ether oxygens (including phenoxy) is 1. The standard InChI is InChI=1S/C21H20N4OS/c1-4-26-17-10-8-16(9-11-17)20-13-27-21(23-20)19(12-22)25-24-18-7-5-6-14(2)15(18)3/h5-11,13,24H,4H2,1-3H3/b25-19-. The zero-order chi connectivity index (χ0) is 19.2. The van der Waals surface area contributed by atoms with E-state index < -0.39 is 0 Å². The van der Waals surface area contributed by atoms with Gasteiger partial charge in [0.2, 0.25) is 0 Å². The number of anilines is 1. The first-order valence-electron chi connectivity index (χ1n) is 8.61. The van der Waals surface area contributed by atoms with Gasteiger partial charge < -0.3 is 4.74 Å². The lowest BCUT2D eigenvalue weighted by Crippen LogP contribution is -2.02. The van der Waals surface area contributed by atoms with E-state index in [1.54, 1.807) is 0 Å². The molecule has 1 heterocycles. The number of hydrogen-bond donors (Lipinski definition) is 1. The third kappa shape index (κ3) is 4.33. The monoisotopic (exact) mass is 376 g/mol. The molecule has 0 radical (unpaired) electrons. The highest BCUT2D eigenvalue weighted by molar-refractivity contribution is 7.12. The first kappa shape index (κ1) is 18.6. The number of nitrogens with one attached hydrogen (secondary N) is 1. The molecular formula is C21H20N4OS. The molecule has 0 spiro atoms. The van der Waals surface area contributed by atoms with Crippen molar-refractivity contribution in [3.05, 3.63) is 64.0 Å². The first-order chi connectivity index (χ1) is 13.1. The minimum Gasteiger partial charge on any atom is -0.494 e. The van der Waals surface area contributed by atoms with E-state index in [4.69, 9.17) is 4.74 Å². The predicted octanol–water partition coefficient (Wildman–Crippen LogP) is 5.17. The minimum atomic E-state index is 0.262. The second-order valence-electron chi connectivity index (χ2n) is 5.93. The van der Waals surface area contributed by atoms with Crippen LogP contribution in [-0.4, -0.2) is 17.3 Å². The fourth-order valence-corrected chi connectivity index (χ4v) is 3.28. The lowest BCUT2D eigenvalue weighted by atomic mass is 10.1. The maximum atomic E-state index is 9.49. The Kier molecular flexibility index (Phi) is 5.84. The topological polar surface area (TPSA) is 70.3 Å². The van der Waals surface area contributed by atoms with Gasteiger partial charge in [0.1, 0.15) is 11.8 Å². The highest BCUT2D eigenvalue weighted by Gasteiger charge is 2.11. The van der Waals surface area contributed by atoms with Crippen molar-refractivity contribution in [3.63, 3.8) is 0 Å². The summed E-state index contributed by atoms with van der Waals surface area (Å²) in [5.74, 6) is 0.828. The Balaban J connectivity index is 1.81. The molecule has 0 aliphatic heterocycles. The van der Waals surface area contributed by atoms with Crippen LogP contribution in [0.2, 0.25) is 0 Å². The number of benzene rings is 2. The van der Waals surface area contributed by atoms with Crippen LogP contribution in [0, 0.1) is 25.2 Å². The molecule has 0 saturated carbocycles. The quantitative estimate of drug-likeness (QED) is 0.476. The number of hydrazone groups is 1. The van der Waals surface area contributed by atoms with E-state index in [-0.39, 0.29) is 5.71 Å². The molecule has 0 amide bonds. The van der Waals surface area contributed by atoms with Gasteiger partial charge in [0.05, 0.1) is 18.0 Å². The molecule has 0 atom stereocenters. The molecule has 0 saturated heterocycles. The van der Waals surface area contributed by atoms with Gasteiger partial charge >= 0.3 is 0 Å². The van der Waals surface area contributed by atoms with E-state index in [2.05, 4.69) is 21.6 Å². The molecule has 136 valence electrons. The summed E-state index contributed by atoms with van der Waals surface area (Å²) in [6.07, 6.45) is 0. The van der Waals surface area contributed by atoms with Gasteiger partial charge in [-0.15, -0.1) is 11.3 Å². The Morgan fingerprint density at radius 2 is 2.00 bits per heavy atom. The van der Waals surface area contributed by atoms with Crippen molar-refractivity contribution in [3.8, 4) is 23.1 Å². The van der Waals surface area contributed by atoms with Crippen molar-refractivity contribution in [2.75, 3.05) is 12.0 Å². The SMILES string of the molecule is CCOc1ccc(-c2csc(/C(C#N)=N\Nc3cccc(C)c3C)n2)cc1. The number of hydrogen-bond acceptors (Lipinski definition) is 6. The molecule has 3 aromatic rings. The maximum absolute atomic E-state index is 9.49. The summed E-state index contributed by atoms with van der Waals surface area (Å²) in [6.45, 7) is 6.65. The molecule has 27 heavy (non-hydrogen) atoms. The van der Waals surface area contributed by atoms with E-state index in [1.807, 2.05) is 68.6 Å². The predicted molar refractivity (Wildman–Crippen MR) is 110 cm³/mol. The lowest BCUT2D eigenvalue weighted by Gasteiger charge is -2.07. The highest BCUT2D eigenvalue weighted by Crippen LogP contribution is 2.25. The number of aryl methyl sites for hydroxylation is 1. The third-order valence-electron chi connectivity index (χ3n) is 4.17. The fourth-order valence-electron chi connectivity index (χ4n) is 2.51. The van der Waals surface area contributed by atoms with Crippen LogP contribution in [0.1, 0.15) is 23.1 Å². The molecule has 3 rings (SSSR count). The van der Waals surface area contributed by atoms with Crippen molar-refractivity contribution < 1.29 is 4.74 Å². The average Bonchev–Trinajstić information content (AvgIpc) is 3.16. The zero-order valence-corrected chi connectivity index (χ0v) is 16.3. The Bertz CT molecular complexity index is 1000. The van der Waals surface area contributed by atoms with Gasteiger partial charge in [0, 0.05) is 10.9 Å². The summed E-state index contributed by atoms with van der Waals surface area (Å²) < 4.78 is 5.46. The summed E-state index contributed by atoms with van der Waals surface area (Å²) in [5, 5.41) is 16.3. The molecule has 0 fully saturated rings. The van der Waals surface area contributed by atoms with Gasteiger partial charge in [-0.2, -0.15) is 10.4 Å². The molecule has 5 nitrogen and oxygen atoms in total. The van der Waals surface area contributed by atoms with Crippen molar-refractivity contribution in [2.45, 2.75) is 20.8 Å². The molecule has 2 aromatic carbocycles. The van der Waals surface area contributed by atoms with E-state index in [0.29, 0.717) is 11.6 Å². The third-order valence-corrected chi connectivity index (χ3v) is 5.02. The lowest BCUT2D eigenvalue weighted by molar-refractivity contribution is 0.340. The van der Waals surface area contributed by atoms with E-state index in [1.165, 1.54) is 16.9 Å². The summed E-state index contributed by atoms with van der Waals surface area (Å²) in [6, 6.07) is 15.8. The van der Waals surface area contributed by atoms with Crippen LogP contribution in [0.5, 0.6) is 5.75 Å². The summed E-state index contributed by atoms with van der Waals surface area (Å²) in [5.41, 5.74) is 8.19. The van der Waals surface area contributed by atoms with E-state index in [9.17, 15) is 5.26 Å². The van der Waals surface area contributed by atoms with Crippen LogP contribution in [0.15, 0.2) is 52.9 Å². The number of nitriles is 1. The van der Waals surface area contributed by atoms with Gasteiger partial charge in [-0.05, 0) is 62.2 Å². The van der Waals surface area contributed by atoms with Crippen molar-refractivity contribution in [1.29, 1.82) is 5.26 Å². The summed E-state index contributed by atoms with van der Waals surface area (Å²) in [4.78, 5) is 4.56. The van der Waals surface area contributed by atoms with Crippen LogP contribution in [0.3, 0.4) is 0 Å². The Morgan fingerprint density at radius 3 is 2.70 bits per heavy atom.